The molecular weight excluding hydrogens is 328 g/mol. The number of hydrogen-bond acceptors (Lipinski definition) is 2. The van der Waals surface area contributed by atoms with Crippen molar-refractivity contribution in [3.63, 3.8) is 0 Å². The molecule has 2 heteroatoms. The maximum Gasteiger partial charge on any atom is 0.0314 e. The molecule has 0 bridgehead atoms. The molecule has 0 aromatic heterocycles. The molecule has 0 radical (unpaired) electrons. The molecule has 2 aliphatic rings. The van der Waals surface area contributed by atoms with E-state index in [0.29, 0.717) is 6.04 Å². The van der Waals surface area contributed by atoms with Gasteiger partial charge < -0.3 is 10.6 Å². The van der Waals surface area contributed by atoms with Gasteiger partial charge >= 0.3 is 0 Å². The van der Waals surface area contributed by atoms with E-state index >= 15 is 0 Å². The van der Waals surface area contributed by atoms with Crippen molar-refractivity contribution in [2.75, 3.05) is 6.54 Å². The Morgan fingerprint density at radius 2 is 1.81 bits per heavy atom. The van der Waals surface area contributed by atoms with Crippen LogP contribution >= 0.6 is 0 Å². The number of rotatable bonds is 6. The Labute approximate surface area is 165 Å². The van der Waals surface area contributed by atoms with Crippen molar-refractivity contribution >= 4 is 0 Å². The van der Waals surface area contributed by atoms with E-state index in [-0.39, 0.29) is 0 Å². The highest BCUT2D eigenvalue weighted by Gasteiger charge is 2.26. The first-order valence-corrected chi connectivity index (χ1v) is 10.8. The SMILES string of the molecule is C=C1/C=C(/C(NCc2ccc(CC)cc2)C2CCCCC2)CCNC=C1C. The first-order chi connectivity index (χ1) is 13.2. The van der Waals surface area contributed by atoms with Gasteiger partial charge in [0, 0.05) is 19.1 Å². The Hall–Kier alpha value is -1.80. The Balaban J connectivity index is 1.77. The maximum absolute atomic E-state index is 4.30. The van der Waals surface area contributed by atoms with E-state index in [0.717, 1.165) is 37.4 Å². The third kappa shape index (κ3) is 5.59. The van der Waals surface area contributed by atoms with Crippen molar-refractivity contribution in [3.05, 3.63) is 71.0 Å². The van der Waals surface area contributed by atoms with Crippen LogP contribution in [0.5, 0.6) is 0 Å². The summed E-state index contributed by atoms with van der Waals surface area (Å²) in [6.45, 7) is 10.6. The van der Waals surface area contributed by atoms with Gasteiger partial charge in [0.2, 0.25) is 0 Å². The van der Waals surface area contributed by atoms with Crippen LogP contribution in [0, 0.1) is 5.92 Å². The van der Waals surface area contributed by atoms with E-state index < -0.39 is 0 Å². The van der Waals surface area contributed by atoms with Crippen LogP contribution in [0.2, 0.25) is 0 Å². The van der Waals surface area contributed by atoms with E-state index in [1.807, 2.05) is 0 Å². The average Bonchev–Trinajstić information content (AvgIpc) is 2.71. The van der Waals surface area contributed by atoms with Gasteiger partial charge in [0.1, 0.15) is 0 Å². The lowest BCUT2D eigenvalue weighted by molar-refractivity contribution is 0.287. The van der Waals surface area contributed by atoms with Crippen LogP contribution in [0.3, 0.4) is 0 Å². The molecular formula is C25H36N2. The summed E-state index contributed by atoms with van der Waals surface area (Å²) in [6, 6.07) is 9.55. The van der Waals surface area contributed by atoms with E-state index in [1.54, 1.807) is 0 Å². The van der Waals surface area contributed by atoms with Gasteiger partial charge in [-0.15, -0.1) is 0 Å². The van der Waals surface area contributed by atoms with E-state index in [1.165, 1.54) is 54.4 Å². The smallest absolute Gasteiger partial charge is 0.0314 e. The highest BCUT2D eigenvalue weighted by Crippen LogP contribution is 2.32. The van der Waals surface area contributed by atoms with E-state index in [4.69, 9.17) is 0 Å². The van der Waals surface area contributed by atoms with Gasteiger partial charge in [-0.25, -0.2) is 0 Å². The van der Waals surface area contributed by atoms with Gasteiger partial charge in [-0.2, -0.15) is 0 Å². The topological polar surface area (TPSA) is 24.1 Å². The molecule has 2 nitrogen and oxygen atoms in total. The van der Waals surface area contributed by atoms with Gasteiger partial charge in [-0.05, 0) is 67.0 Å². The molecule has 1 aliphatic carbocycles. The molecule has 1 saturated carbocycles. The lowest BCUT2D eigenvalue weighted by atomic mass is 9.79. The fourth-order valence-corrected chi connectivity index (χ4v) is 4.38. The van der Waals surface area contributed by atoms with Crippen LogP contribution in [0.25, 0.3) is 0 Å². The summed E-state index contributed by atoms with van der Waals surface area (Å²) in [5, 5.41) is 7.39. The first kappa shape index (κ1) is 19.9. The predicted octanol–water partition coefficient (Wildman–Crippen LogP) is 5.67. The van der Waals surface area contributed by atoms with Crippen molar-refractivity contribution < 1.29 is 0 Å². The predicted molar refractivity (Wildman–Crippen MR) is 117 cm³/mol. The third-order valence-corrected chi connectivity index (χ3v) is 6.22. The number of nitrogens with one attached hydrogen (secondary N) is 2. The van der Waals surface area contributed by atoms with Crippen molar-refractivity contribution in [3.8, 4) is 0 Å². The summed E-state index contributed by atoms with van der Waals surface area (Å²) in [5.74, 6) is 0.747. The van der Waals surface area contributed by atoms with Crippen LogP contribution < -0.4 is 10.6 Å². The Morgan fingerprint density at radius 1 is 1.11 bits per heavy atom. The second-order valence-electron chi connectivity index (χ2n) is 8.20. The zero-order valence-electron chi connectivity index (χ0n) is 17.2. The van der Waals surface area contributed by atoms with Crippen LogP contribution in [-0.4, -0.2) is 12.6 Å². The second-order valence-corrected chi connectivity index (χ2v) is 8.20. The quantitative estimate of drug-likeness (QED) is 0.680. The molecule has 1 fully saturated rings. The molecule has 146 valence electrons. The van der Waals surface area contributed by atoms with Gasteiger partial charge in [0.15, 0.2) is 0 Å². The summed E-state index contributed by atoms with van der Waals surface area (Å²) in [6.07, 6.45) is 13.5. The standard InChI is InChI=1S/C25H36N2/c1-4-21-10-12-22(13-11-21)18-27-25(23-8-6-5-7-9-23)24-14-15-26-17-20(3)19(2)16-24/h10-13,16-17,23,25-27H,2,4-9,14-15,18H2,1,3H3/b20-17?,24-16+. The lowest BCUT2D eigenvalue weighted by Gasteiger charge is -2.34. The van der Waals surface area contributed by atoms with Crippen LogP contribution in [0.15, 0.2) is 59.8 Å². The minimum Gasteiger partial charge on any atom is -0.390 e. The molecule has 3 rings (SSSR count). The normalized spacial score (nSPS) is 22.1. The lowest BCUT2D eigenvalue weighted by Crippen LogP contribution is -2.39. The minimum absolute atomic E-state index is 0.459. The van der Waals surface area contributed by atoms with Crippen molar-refractivity contribution in [1.82, 2.24) is 10.6 Å². The fourth-order valence-electron chi connectivity index (χ4n) is 4.38. The second kappa shape index (κ2) is 9.94. The molecule has 1 atom stereocenters. The molecule has 1 aromatic carbocycles. The molecule has 2 N–H and O–H groups in total. The molecule has 1 heterocycles. The Morgan fingerprint density at radius 3 is 2.52 bits per heavy atom. The van der Waals surface area contributed by atoms with Gasteiger partial charge in [0.25, 0.3) is 0 Å². The Kier molecular flexibility index (Phi) is 7.34. The largest absolute Gasteiger partial charge is 0.390 e. The number of hydrogen-bond donors (Lipinski definition) is 2. The zero-order valence-corrected chi connectivity index (χ0v) is 17.2. The van der Waals surface area contributed by atoms with Crippen molar-refractivity contribution in [2.24, 2.45) is 5.92 Å². The summed E-state index contributed by atoms with van der Waals surface area (Å²) < 4.78 is 0. The van der Waals surface area contributed by atoms with E-state index in [9.17, 15) is 0 Å². The molecule has 0 amide bonds. The molecule has 1 unspecified atom stereocenters. The van der Waals surface area contributed by atoms with Gasteiger partial charge in [-0.3, -0.25) is 0 Å². The molecule has 1 aliphatic heterocycles. The molecule has 0 saturated heterocycles. The van der Waals surface area contributed by atoms with Crippen LogP contribution in [-0.2, 0) is 13.0 Å². The van der Waals surface area contributed by atoms with Crippen molar-refractivity contribution in [2.45, 2.75) is 71.4 Å². The van der Waals surface area contributed by atoms with E-state index in [2.05, 4.69) is 67.6 Å². The Bertz CT molecular complexity index is 675. The number of allylic oxidation sites excluding steroid dienone is 3. The van der Waals surface area contributed by atoms with Gasteiger partial charge in [0.05, 0.1) is 0 Å². The highest BCUT2D eigenvalue weighted by atomic mass is 14.9. The first-order valence-electron chi connectivity index (χ1n) is 10.8. The summed E-state index contributed by atoms with van der Waals surface area (Å²) >= 11 is 0. The van der Waals surface area contributed by atoms with Gasteiger partial charge in [-0.1, -0.05) is 68.7 Å². The highest BCUT2D eigenvalue weighted by molar-refractivity contribution is 5.40. The molecule has 1 aromatic rings. The molecule has 27 heavy (non-hydrogen) atoms. The molecule has 0 spiro atoms. The summed E-state index contributed by atoms with van der Waals surface area (Å²) in [5.41, 5.74) is 6.70. The van der Waals surface area contributed by atoms with Crippen LogP contribution in [0.4, 0.5) is 0 Å². The summed E-state index contributed by atoms with van der Waals surface area (Å²) in [4.78, 5) is 0. The van der Waals surface area contributed by atoms with Crippen molar-refractivity contribution in [1.29, 1.82) is 0 Å². The monoisotopic (exact) mass is 364 g/mol. The average molecular weight is 365 g/mol. The number of benzene rings is 1. The summed E-state index contributed by atoms with van der Waals surface area (Å²) in [7, 11) is 0. The third-order valence-electron chi connectivity index (χ3n) is 6.22. The maximum atomic E-state index is 4.30. The fraction of sp³-hybridized carbons (Fsp3) is 0.520. The minimum atomic E-state index is 0.459. The zero-order chi connectivity index (χ0) is 19.1. The van der Waals surface area contributed by atoms with Crippen LogP contribution in [0.1, 0.15) is 63.5 Å². The number of aryl methyl sites for hydroxylation is 1.